The van der Waals surface area contributed by atoms with Crippen molar-refractivity contribution in [2.75, 3.05) is 52.9 Å². The van der Waals surface area contributed by atoms with E-state index in [1.807, 2.05) is 0 Å². The third-order valence-corrected chi connectivity index (χ3v) is 2.82. The Bertz CT molecular complexity index is 293. The SMILES string of the molecule is C=C(C)C(=O)OCC1CCCO1.OCCOCCCOCCO. The van der Waals surface area contributed by atoms with Crippen molar-refractivity contribution in [3.8, 4) is 0 Å². The zero-order valence-electron chi connectivity index (χ0n) is 14.0. The summed E-state index contributed by atoms with van der Waals surface area (Å²) in [5.74, 6) is -0.328. The molecule has 0 aliphatic carbocycles. The first kappa shape index (κ1) is 22.0. The first-order chi connectivity index (χ1) is 11.1. The smallest absolute Gasteiger partial charge is 0.333 e. The minimum atomic E-state index is -0.328. The lowest BCUT2D eigenvalue weighted by molar-refractivity contribution is -0.142. The molecule has 1 aliphatic rings. The monoisotopic (exact) mass is 334 g/mol. The van der Waals surface area contributed by atoms with Gasteiger partial charge >= 0.3 is 5.97 Å². The average Bonchev–Trinajstić information content (AvgIpc) is 3.06. The number of esters is 1. The van der Waals surface area contributed by atoms with Crippen LogP contribution in [0.1, 0.15) is 26.2 Å². The Labute approximate surface area is 138 Å². The van der Waals surface area contributed by atoms with Crippen molar-refractivity contribution < 1.29 is 34.0 Å². The molecule has 1 heterocycles. The molecule has 0 spiro atoms. The van der Waals surface area contributed by atoms with E-state index < -0.39 is 0 Å². The topological polar surface area (TPSA) is 94.5 Å². The van der Waals surface area contributed by atoms with E-state index in [-0.39, 0.29) is 25.3 Å². The number of rotatable bonds is 11. The summed E-state index contributed by atoms with van der Waals surface area (Å²) >= 11 is 0. The van der Waals surface area contributed by atoms with Gasteiger partial charge in [-0.25, -0.2) is 4.79 Å². The lowest BCUT2D eigenvalue weighted by Gasteiger charge is -2.09. The van der Waals surface area contributed by atoms with Crippen molar-refractivity contribution in [3.63, 3.8) is 0 Å². The lowest BCUT2D eigenvalue weighted by Crippen LogP contribution is -2.17. The van der Waals surface area contributed by atoms with E-state index in [1.165, 1.54) is 0 Å². The predicted octanol–water partition coefficient (Wildman–Crippen LogP) is 0.679. The molecule has 0 amide bonds. The summed E-state index contributed by atoms with van der Waals surface area (Å²) < 4.78 is 20.1. The van der Waals surface area contributed by atoms with Crippen LogP contribution in [0.2, 0.25) is 0 Å². The van der Waals surface area contributed by atoms with Crippen LogP contribution in [0.5, 0.6) is 0 Å². The third-order valence-electron chi connectivity index (χ3n) is 2.82. The van der Waals surface area contributed by atoms with Gasteiger partial charge in [-0.05, 0) is 26.2 Å². The van der Waals surface area contributed by atoms with Crippen LogP contribution in [0.3, 0.4) is 0 Å². The molecule has 1 fully saturated rings. The molecule has 0 aromatic rings. The quantitative estimate of drug-likeness (QED) is 0.326. The van der Waals surface area contributed by atoms with Crippen molar-refractivity contribution in [2.45, 2.75) is 32.3 Å². The number of hydrogen-bond donors (Lipinski definition) is 2. The fourth-order valence-corrected chi connectivity index (χ4v) is 1.66. The number of aliphatic hydroxyl groups is 2. The van der Waals surface area contributed by atoms with E-state index in [9.17, 15) is 4.79 Å². The Hall–Kier alpha value is -0.990. The molecule has 1 rings (SSSR count). The number of aliphatic hydroxyl groups excluding tert-OH is 2. The van der Waals surface area contributed by atoms with E-state index in [1.54, 1.807) is 6.92 Å². The Balaban J connectivity index is 0.000000423. The van der Waals surface area contributed by atoms with Gasteiger partial charge in [0.15, 0.2) is 0 Å². The van der Waals surface area contributed by atoms with Crippen LogP contribution in [0.4, 0.5) is 0 Å². The maximum Gasteiger partial charge on any atom is 0.333 e. The van der Waals surface area contributed by atoms with Crippen LogP contribution in [0.15, 0.2) is 12.2 Å². The molecule has 0 aromatic carbocycles. The van der Waals surface area contributed by atoms with Crippen LogP contribution in [0, 0.1) is 0 Å². The first-order valence-corrected chi connectivity index (χ1v) is 7.93. The fourth-order valence-electron chi connectivity index (χ4n) is 1.66. The summed E-state index contributed by atoms with van der Waals surface area (Å²) in [6, 6.07) is 0. The molecule has 7 nitrogen and oxygen atoms in total. The highest BCUT2D eigenvalue weighted by molar-refractivity contribution is 5.86. The van der Waals surface area contributed by atoms with Gasteiger partial charge in [-0.2, -0.15) is 0 Å². The summed E-state index contributed by atoms with van der Waals surface area (Å²) in [6.07, 6.45) is 2.96. The van der Waals surface area contributed by atoms with Crippen LogP contribution in [0.25, 0.3) is 0 Å². The molecular weight excluding hydrogens is 304 g/mol. The third kappa shape index (κ3) is 14.3. The van der Waals surface area contributed by atoms with E-state index in [0.717, 1.165) is 25.9 Å². The minimum Gasteiger partial charge on any atom is -0.460 e. The molecule has 7 heteroatoms. The minimum absolute atomic E-state index is 0.0670. The summed E-state index contributed by atoms with van der Waals surface area (Å²) in [4.78, 5) is 10.9. The van der Waals surface area contributed by atoms with Gasteiger partial charge in [0, 0.05) is 25.4 Å². The predicted molar refractivity (Wildman–Crippen MR) is 85.2 cm³/mol. The van der Waals surface area contributed by atoms with Gasteiger partial charge in [0.25, 0.3) is 0 Å². The van der Waals surface area contributed by atoms with E-state index in [0.29, 0.717) is 38.6 Å². The van der Waals surface area contributed by atoms with Crippen molar-refractivity contribution in [1.82, 2.24) is 0 Å². The second-order valence-corrected chi connectivity index (χ2v) is 5.04. The second kappa shape index (κ2) is 15.9. The molecule has 1 saturated heterocycles. The molecule has 1 unspecified atom stereocenters. The Morgan fingerprint density at radius 2 is 1.78 bits per heavy atom. The van der Waals surface area contributed by atoms with Crippen LogP contribution >= 0.6 is 0 Å². The normalized spacial score (nSPS) is 16.6. The molecule has 1 atom stereocenters. The Kier molecular flexibility index (Phi) is 15.2. The number of carbonyl (C=O) groups is 1. The molecule has 2 N–H and O–H groups in total. The van der Waals surface area contributed by atoms with Gasteiger partial charge in [-0.15, -0.1) is 0 Å². The molecule has 0 bridgehead atoms. The van der Waals surface area contributed by atoms with Crippen molar-refractivity contribution >= 4 is 5.97 Å². The number of ether oxygens (including phenoxy) is 4. The summed E-state index contributed by atoms with van der Waals surface area (Å²) in [7, 11) is 0. The number of hydrogen-bond acceptors (Lipinski definition) is 7. The zero-order valence-corrected chi connectivity index (χ0v) is 14.0. The summed E-state index contributed by atoms with van der Waals surface area (Å²) in [5.41, 5.74) is 0.438. The molecule has 0 aromatic heterocycles. The maximum absolute atomic E-state index is 10.9. The van der Waals surface area contributed by atoms with Crippen molar-refractivity contribution in [1.29, 1.82) is 0 Å². The summed E-state index contributed by atoms with van der Waals surface area (Å²) in [5, 5.41) is 16.6. The number of carbonyl (C=O) groups excluding carboxylic acids is 1. The maximum atomic E-state index is 10.9. The van der Waals surface area contributed by atoms with Crippen molar-refractivity contribution in [2.24, 2.45) is 0 Å². The zero-order chi connectivity index (χ0) is 17.3. The Morgan fingerprint density at radius 3 is 2.22 bits per heavy atom. The highest BCUT2D eigenvalue weighted by Crippen LogP contribution is 2.12. The van der Waals surface area contributed by atoms with Crippen molar-refractivity contribution in [3.05, 3.63) is 12.2 Å². The van der Waals surface area contributed by atoms with Gasteiger partial charge in [0.1, 0.15) is 6.61 Å². The standard InChI is InChI=1S/C9H14O3.C7H16O4/c1-7(2)9(10)12-6-8-4-3-5-11-8;8-2-6-10-4-1-5-11-7-3-9/h8H,1,3-6H2,2H3;8-9H,1-7H2. The summed E-state index contributed by atoms with van der Waals surface area (Å²) in [6.45, 7) is 8.39. The molecule has 0 radical (unpaired) electrons. The lowest BCUT2D eigenvalue weighted by atomic mass is 10.2. The van der Waals surface area contributed by atoms with Crippen LogP contribution < -0.4 is 0 Å². The first-order valence-electron chi connectivity index (χ1n) is 7.93. The molecular formula is C16H30O7. The van der Waals surface area contributed by atoms with Crippen LogP contribution in [-0.2, 0) is 23.7 Å². The molecule has 23 heavy (non-hydrogen) atoms. The second-order valence-electron chi connectivity index (χ2n) is 5.04. The fraction of sp³-hybridized carbons (Fsp3) is 0.812. The van der Waals surface area contributed by atoms with E-state index in [4.69, 9.17) is 29.2 Å². The average molecular weight is 334 g/mol. The largest absolute Gasteiger partial charge is 0.460 e. The highest BCUT2D eigenvalue weighted by Gasteiger charge is 2.17. The van der Waals surface area contributed by atoms with Gasteiger partial charge in [0.2, 0.25) is 0 Å². The van der Waals surface area contributed by atoms with E-state index in [2.05, 4.69) is 6.58 Å². The van der Waals surface area contributed by atoms with E-state index >= 15 is 0 Å². The molecule has 136 valence electrons. The Morgan fingerprint density at radius 1 is 1.17 bits per heavy atom. The van der Waals surface area contributed by atoms with Gasteiger partial charge in [0.05, 0.1) is 32.5 Å². The highest BCUT2D eigenvalue weighted by atomic mass is 16.6. The van der Waals surface area contributed by atoms with Gasteiger partial charge in [-0.3, -0.25) is 0 Å². The van der Waals surface area contributed by atoms with Gasteiger partial charge in [-0.1, -0.05) is 6.58 Å². The van der Waals surface area contributed by atoms with Crippen LogP contribution in [-0.4, -0.2) is 75.1 Å². The van der Waals surface area contributed by atoms with Gasteiger partial charge < -0.3 is 29.2 Å². The molecule has 1 aliphatic heterocycles. The molecule has 0 saturated carbocycles.